The van der Waals surface area contributed by atoms with Crippen LogP contribution in [0.2, 0.25) is 0 Å². The molecule has 0 saturated heterocycles. The molecule has 0 spiro atoms. The number of alkyl halides is 3. The second-order valence-corrected chi connectivity index (χ2v) is 8.77. The van der Waals surface area contributed by atoms with Crippen LogP contribution in [0.5, 0.6) is 5.75 Å². The van der Waals surface area contributed by atoms with Crippen molar-refractivity contribution in [3.63, 3.8) is 0 Å². The molecule has 5 rings (SSSR count). The van der Waals surface area contributed by atoms with Gasteiger partial charge in [-0.05, 0) is 41.5 Å². The molecule has 196 valence electrons. The smallest absolute Gasteiger partial charge is 0.419 e. The van der Waals surface area contributed by atoms with E-state index in [0.29, 0.717) is 28.6 Å². The molecule has 7 nitrogen and oxygen atoms in total. The number of hydrogen-bond acceptors (Lipinski definition) is 5. The monoisotopic (exact) mass is 527 g/mol. The highest BCUT2D eigenvalue weighted by Gasteiger charge is 2.80. The molecule has 2 heterocycles. The molecule has 0 bridgehead atoms. The number of benzene rings is 3. The predicted octanol–water partition coefficient (Wildman–Crippen LogP) is 5.14. The first-order chi connectivity index (χ1) is 18.1. The number of ether oxygens (including phenoxy) is 2. The Morgan fingerprint density at radius 3 is 2.29 bits per heavy atom. The number of esters is 1. The first-order valence-electron chi connectivity index (χ1n) is 11.4. The standard InChI is InChI=1S/C27H21F4N3O4/c1-37-20-11-8-17(9-12-20)15-33-22-13-10-19(28)14-21(22)26(27(29,30)31)25(23(35)38-2,18-6-4-3-5-7-18)32-16-34(26)24(33)36/h3-14,16H,15H2,1-2H3/t25-,26?/m0/s1. The summed E-state index contributed by atoms with van der Waals surface area (Å²) in [6.45, 7) is -0.143. The summed E-state index contributed by atoms with van der Waals surface area (Å²) in [5.41, 5.74) is -6.69. The fourth-order valence-electron chi connectivity index (χ4n) is 5.27. The summed E-state index contributed by atoms with van der Waals surface area (Å²) in [5.74, 6) is -1.79. The van der Waals surface area contributed by atoms with Gasteiger partial charge in [-0.1, -0.05) is 42.5 Å². The number of urea groups is 1. The highest BCUT2D eigenvalue weighted by molar-refractivity contribution is 6.07. The van der Waals surface area contributed by atoms with Crippen molar-refractivity contribution in [2.75, 3.05) is 19.1 Å². The summed E-state index contributed by atoms with van der Waals surface area (Å²) in [6, 6.07) is 15.3. The Kier molecular flexibility index (Phi) is 5.89. The molecule has 2 amide bonds. The largest absolute Gasteiger partial charge is 0.497 e. The molecule has 3 aromatic carbocycles. The van der Waals surface area contributed by atoms with Gasteiger partial charge in [0.25, 0.3) is 0 Å². The second-order valence-electron chi connectivity index (χ2n) is 8.77. The van der Waals surface area contributed by atoms with Gasteiger partial charge in [0.1, 0.15) is 11.6 Å². The Hall–Kier alpha value is -4.41. The van der Waals surface area contributed by atoms with Gasteiger partial charge in [-0.15, -0.1) is 0 Å². The number of methoxy groups -OCH3 is 2. The summed E-state index contributed by atoms with van der Waals surface area (Å²) in [4.78, 5) is 32.7. The summed E-state index contributed by atoms with van der Waals surface area (Å²) in [7, 11) is 2.42. The molecule has 38 heavy (non-hydrogen) atoms. The predicted molar refractivity (Wildman–Crippen MR) is 129 cm³/mol. The minimum atomic E-state index is -5.31. The normalized spacial score (nSPS) is 22.2. The van der Waals surface area contributed by atoms with E-state index in [1.54, 1.807) is 30.3 Å². The van der Waals surface area contributed by atoms with Crippen LogP contribution in [0.4, 0.5) is 28.0 Å². The van der Waals surface area contributed by atoms with Gasteiger partial charge in [-0.3, -0.25) is 9.80 Å². The molecule has 0 aliphatic carbocycles. The molecule has 1 unspecified atom stereocenters. The van der Waals surface area contributed by atoms with Crippen molar-refractivity contribution in [2.24, 2.45) is 4.99 Å². The van der Waals surface area contributed by atoms with Crippen LogP contribution in [0.15, 0.2) is 77.8 Å². The zero-order chi connectivity index (χ0) is 27.3. The van der Waals surface area contributed by atoms with Crippen molar-refractivity contribution in [3.8, 4) is 5.75 Å². The maximum absolute atomic E-state index is 15.5. The van der Waals surface area contributed by atoms with Crippen LogP contribution >= 0.6 is 0 Å². The lowest BCUT2D eigenvalue weighted by atomic mass is 9.66. The molecule has 2 atom stereocenters. The van der Waals surface area contributed by atoms with Crippen LogP contribution < -0.4 is 9.64 Å². The summed E-state index contributed by atoms with van der Waals surface area (Å²) < 4.78 is 71.4. The third kappa shape index (κ3) is 3.30. The Labute approximate surface area is 214 Å². The minimum absolute atomic E-state index is 0.143. The molecule has 11 heteroatoms. The van der Waals surface area contributed by atoms with Gasteiger partial charge in [-0.2, -0.15) is 13.2 Å². The van der Waals surface area contributed by atoms with Gasteiger partial charge in [0.2, 0.25) is 11.1 Å². The molecular formula is C27H21F4N3O4. The van der Waals surface area contributed by atoms with Crippen LogP contribution in [0.3, 0.4) is 0 Å². The van der Waals surface area contributed by atoms with E-state index < -0.39 is 40.6 Å². The zero-order valence-corrected chi connectivity index (χ0v) is 20.2. The number of nitrogens with zero attached hydrogens (tertiary/aromatic N) is 3. The Bertz CT molecular complexity index is 1430. The summed E-state index contributed by atoms with van der Waals surface area (Å²) in [6.07, 6.45) is -4.62. The van der Waals surface area contributed by atoms with Crippen LogP contribution in [0.25, 0.3) is 0 Å². The fraction of sp³-hybridized carbons (Fsp3) is 0.222. The number of aliphatic imine (C=N–C) groups is 1. The first-order valence-corrected chi connectivity index (χ1v) is 11.4. The van der Waals surface area contributed by atoms with Gasteiger partial charge in [-0.25, -0.2) is 19.0 Å². The molecule has 2 aliphatic rings. The van der Waals surface area contributed by atoms with Crippen molar-refractivity contribution in [3.05, 3.63) is 95.3 Å². The Balaban J connectivity index is 1.81. The Morgan fingerprint density at radius 1 is 1.00 bits per heavy atom. The maximum Gasteiger partial charge on any atom is 0.419 e. The number of anilines is 1. The average molecular weight is 527 g/mol. The number of carbonyl (C=O) groups is 2. The van der Waals surface area contributed by atoms with Crippen LogP contribution in [-0.4, -0.2) is 43.6 Å². The van der Waals surface area contributed by atoms with E-state index in [2.05, 4.69) is 4.99 Å². The van der Waals surface area contributed by atoms with E-state index in [9.17, 15) is 14.0 Å². The van der Waals surface area contributed by atoms with Crippen molar-refractivity contribution < 1.29 is 36.6 Å². The summed E-state index contributed by atoms with van der Waals surface area (Å²) in [5, 5.41) is 0. The molecule has 0 radical (unpaired) electrons. The zero-order valence-electron chi connectivity index (χ0n) is 20.2. The van der Waals surface area contributed by atoms with E-state index in [-0.39, 0.29) is 17.8 Å². The first kappa shape index (κ1) is 25.2. The van der Waals surface area contributed by atoms with Crippen LogP contribution in [0, 0.1) is 5.82 Å². The number of carbonyl (C=O) groups excluding carboxylic acids is 2. The molecule has 0 saturated carbocycles. The molecule has 0 aromatic heterocycles. The third-order valence-electron chi connectivity index (χ3n) is 6.91. The van der Waals surface area contributed by atoms with E-state index in [0.717, 1.165) is 24.1 Å². The van der Waals surface area contributed by atoms with E-state index >= 15 is 13.2 Å². The van der Waals surface area contributed by atoms with E-state index in [1.807, 2.05) is 0 Å². The van der Waals surface area contributed by atoms with Crippen molar-refractivity contribution in [1.29, 1.82) is 0 Å². The molecule has 0 N–H and O–H groups in total. The van der Waals surface area contributed by atoms with Gasteiger partial charge in [0.05, 0.1) is 32.8 Å². The van der Waals surface area contributed by atoms with Gasteiger partial charge < -0.3 is 9.47 Å². The lowest BCUT2D eigenvalue weighted by Crippen LogP contribution is -2.70. The van der Waals surface area contributed by atoms with Crippen molar-refractivity contribution in [2.45, 2.75) is 23.8 Å². The number of fused-ring (bicyclic) bond motifs is 3. The van der Waals surface area contributed by atoms with Gasteiger partial charge >= 0.3 is 18.2 Å². The highest BCUT2D eigenvalue weighted by atomic mass is 19.4. The number of halogens is 4. The fourth-order valence-corrected chi connectivity index (χ4v) is 5.27. The second kappa shape index (κ2) is 8.86. The lowest BCUT2D eigenvalue weighted by molar-refractivity contribution is -0.240. The number of rotatable bonds is 5. The van der Waals surface area contributed by atoms with E-state index in [4.69, 9.17) is 9.47 Å². The van der Waals surface area contributed by atoms with E-state index in [1.165, 1.54) is 31.4 Å². The molecule has 3 aromatic rings. The van der Waals surface area contributed by atoms with Crippen LogP contribution in [-0.2, 0) is 27.2 Å². The topological polar surface area (TPSA) is 71.4 Å². The number of amides is 2. The molecule has 0 fully saturated rings. The van der Waals surface area contributed by atoms with Gasteiger partial charge in [0, 0.05) is 5.56 Å². The Morgan fingerprint density at radius 2 is 1.68 bits per heavy atom. The molecule has 2 aliphatic heterocycles. The summed E-state index contributed by atoms with van der Waals surface area (Å²) >= 11 is 0. The third-order valence-corrected chi connectivity index (χ3v) is 6.91. The highest BCUT2D eigenvalue weighted by Crippen LogP contribution is 2.63. The minimum Gasteiger partial charge on any atom is -0.497 e. The quantitative estimate of drug-likeness (QED) is 0.340. The lowest BCUT2D eigenvalue weighted by Gasteiger charge is -2.52. The molecular weight excluding hydrogens is 506 g/mol. The van der Waals surface area contributed by atoms with Crippen molar-refractivity contribution in [1.82, 2.24) is 4.90 Å². The van der Waals surface area contributed by atoms with Gasteiger partial charge in [0.15, 0.2) is 0 Å². The SMILES string of the molecule is COC(=O)[C@]1(c2ccccc2)N=CN2C(=O)N(Cc3ccc(OC)cc3)c3ccc(F)cc3C21C(F)(F)F. The average Bonchev–Trinajstić information content (AvgIpc) is 3.30. The van der Waals surface area contributed by atoms with Crippen LogP contribution in [0.1, 0.15) is 16.7 Å². The van der Waals surface area contributed by atoms with Crippen molar-refractivity contribution >= 4 is 24.0 Å². The maximum atomic E-state index is 15.5. The number of hydrogen-bond donors (Lipinski definition) is 0.